The second-order valence-corrected chi connectivity index (χ2v) is 6.34. The highest BCUT2D eigenvalue weighted by atomic mass is 35.5. The number of hydrogen-bond donors (Lipinski definition) is 2. The van der Waals surface area contributed by atoms with Crippen LogP contribution < -0.4 is 10.9 Å². The molecule has 8 heteroatoms. The highest BCUT2D eigenvalue weighted by Crippen LogP contribution is 2.21. The number of halogens is 1. The number of nitrogens with one attached hydrogen (secondary N) is 2. The molecule has 7 nitrogen and oxygen atoms in total. The van der Waals surface area contributed by atoms with Gasteiger partial charge in [-0.2, -0.15) is 0 Å². The number of hydrogen-bond acceptors (Lipinski definition) is 5. The Morgan fingerprint density at radius 1 is 1.08 bits per heavy atom. The zero-order valence-corrected chi connectivity index (χ0v) is 14.9. The average Bonchev–Trinajstić information content (AvgIpc) is 2.91. The van der Waals surface area contributed by atoms with E-state index in [0.29, 0.717) is 33.4 Å². The molecule has 0 unspecified atom stereocenters. The van der Waals surface area contributed by atoms with Crippen molar-refractivity contribution in [1.82, 2.24) is 24.7 Å². The quantitative estimate of drug-likeness (QED) is 0.579. The van der Waals surface area contributed by atoms with Gasteiger partial charge in [-0.25, -0.2) is 15.0 Å². The standard InChI is InChI=1S/C18H15ClN6O/c1-10-7-17(22-11(2)21-10)23-16-8-15-14(9-20-16)18(26)24-25(15)13-5-3-12(19)4-6-13/h3-9H,1-2H3,(H,24,26)(H,20,21,22,23). The minimum atomic E-state index is -0.206. The number of anilines is 2. The Morgan fingerprint density at radius 3 is 2.58 bits per heavy atom. The molecular formula is C18H15ClN6O. The van der Waals surface area contributed by atoms with E-state index in [4.69, 9.17) is 11.6 Å². The maximum absolute atomic E-state index is 12.2. The summed E-state index contributed by atoms with van der Waals surface area (Å²) in [6.45, 7) is 3.74. The molecule has 0 aliphatic carbocycles. The van der Waals surface area contributed by atoms with Crippen molar-refractivity contribution in [2.24, 2.45) is 0 Å². The predicted molar refractivity (Wildman–Crippen MR) is 101 cm³/mol. The van der Waals surface area contributed by atoms with E-state index in [2.05, 4.69) is 25.4 Å². The Kier molecular flexibility index (Phi) is 3.93. The zero-order valence-electron chi connectivity index (χ0n) is 14.1. The van der Waals surface area contributed by atoms with Crippen molar-refractivity contribution >= 4 is 34.1 Å². The van der Waals surface area contributed by atoms with Gasteiger partial charge in [0.25, 0.3) is 5.56 Å². The normalized spacial score (nSPS) is 11.0. The van der Waals surface area contributed by atoms with E-state index in [1.54, 1.807) is 29.1 Å². The van der Waals surface area contributed by atoms with E-state index in [1.165, 1.54) is 0 Å². The summed E-state index contributed by atoms with van der Waals surface area (Å²) in [6, 6.07) is 10.9. The van der Waals surface area contributed by atoms with Crippen LogP contribution in [0.25, 0.3) is 16.6 Å². The van der Waals surface area contributed by atoms with Crippen molar-refractivity contribution in [3.05, 3.63) is 69.5 Å². The number of benzene rings is 1. The van der Waals surface area contributed by atoms with Crippen molar-refractivity contribution in [1.29, 1.82) is 0 Å². The van der Waals surface area contributed by atoms with Crippen LogP contribution in [0.5, 0.6) is 0 Å². The lowest BCUT2D eigenvalue weighted by Crippen LogP contribution is -2.03. The van der Waals surface area contributed by atoms with E-state index in [9.17, 15) is 4.79 Å². The van der Waals surface area contributed by atoms with Crippen molar-refractivity contribution in [3.63, 3.8) is 0 Å². The van der Waals surface area contributed by atoms with Gasteiger partial charge in [-0.3, -0.25) is 14.6 Å². The van der Waals surface area contributed by atoms with E-state index >= 15 is 0 Å². The zero-order chi connectivity index (χ0) is 18.3. The summed E-state index contributed by atoms with van der Waals surface area (Å²) in [5.74, 6) is 1.91. The molecule has 0 radical (unpaired) electrons. The minimum absolute atomic E-state index is 0.206. The SMILES string of the molecule is Cc1cc(Nc2cc3c(cn2)c(=O)[nH]n3-c2ccc(Cl)cc2)nc(C)n1. The number of H-pyrrole nitrogens is 1. The third-order valence-electron chi connectivity index (χ3n) is 3.89. The molecule has 4 aromatic rings. The lowest BCUT2D eigenvalue weighted by molar-refractivity contribution is 0.891. The molecule has 0 aliphatic heterocycles. The molecule has 4 rings (SSSR count). The van der Waals surface area contributed by atoms with Crippen LogP contribution >= 0.6 is 11.6 Å². The fourth-order valence-corrected chi connectivity index (χ4v) is 2.93. The Bertz CT molecular complexity index is 1140. The van der Waals surface area contributed by atoms with Crippen molar-refractivity contribution < 1.29 is 0 Å². The van der Waals surface area contributed by atoms with Gasteiger partial charge >= 0.3 is 0 Å². The maximum atomic E-state index is 12.2. The van der Waals surface area contributed by atoms with Gasteiger partial charge in [0.15, 0.2) is 0 Å². The van der Waals surface area contributed by atoms with E-state index < -0.39 is 0 Å². The first-order chi connectivity index (χ1) is 12.5. The third kappa shape index (κ3) is 3.04. The number of pyridine rings is 1. The topological polar surface area (TPSA) is 88.5 Å². The fourth-order valence-electron chi connectivity index (χ4n) is 2.80. The van der Waals surface area contributed by atoms with Gasteiger partial charge in [-0.1, -0.05) is 11.6 Å². The predicted octanol–water partition coefficient (Wildman–Crippen LogP) is 3.52. The highest BCUT2D eigenvalue weighted by molar-refractivity contribution is 6.30. The van der Waals surface area contributed by atoms with Gasteiger partial charge < -0.3 is 5.32 Å². The molecule has 3 aromatic heterocycles. The molecule has 130 valence electrons. The molecule has 26 heavy (non-hydrogen) atoms. The van der Waals surface area contributed by atoms with Gasteiger partial charge in [0.1, 0.15) is 17.5 Å². The maximum Gasteiger partial charge on any atom is 0.273 e. The summed E-state index contributed by atoms with van der Waals surface area (Å²) in [7, 11) is 0. The summed E-state index contributed by atoms with van der Waals surface area (Å²) in [4.78, 5) is 25.1. The minimum Gasteiger partial charge on any atom is -0.325 e. The molecule has 0 fully saturated rings. The highest BCUT2D eigenvalue weighted by Gasteiger charge is 2.11. The van der Waals surface area contributed by atoms with Gasteiger partial charge in [0.05, 0.1) is 16.6 Å². The monoisotopic (exact) mass is 366 g/mol. The molecule has 2 N–H and O–H groups in total. The van der Waals surface area contributed by atoms with Crippen LogP contribution in [0.4, 0.5) is 11.6 Å². The summed E-state index contributed by atoms with van der Waals surface area (Å²) in [5, 5.41) is 7.12. The first-order valence-corrected chi connectivity index (χ1v) is 8.33. The third-order valence-corrected chi connectivity index (χ3v) is 4.14. The molecular weight excluding hydrogens is 352 g/mol. The second-order valence-electron chi connectivity index (χ2n) is 5.91. The largest absolute Gasteiger partial charge is 0.325 e. The van der Waals surface area contributed by atoms with Crippen LogP contribution in [-0.2, 0) is 0 Å². The molecule has 0 saturated heterocycles. The van der Waals surface area contributed by atoms with Gasteiger partial charge in [-0.15, -0.1) is 0 Å². The molecule has 0 aliphatic rings. The summed E-state index contributed by atoms with van der Waals surface area (Å²) in [6.07, 6.45) is 1.55. The van der Waals surface area contributed by atoms with Crippen LogP contribution in [0.2, 0.25) is 5.02 Å². The Hall–Kier alpha value is -3.19. The van der Waals surface area contributed by atoms with Crippen LogP contribution in [0.1, 0.15) is 11.5 Å². The van der Waals surface area contributed by atoms with Crippen LogP contribution in [-0.4, -0.2) is 24.7 Å². The summed E-state index contributed by atoms with van der Waals surface area (Å²) >= 11 is 5.95. The average molecular weight is 367 g/mol. The fraction of sp³-hybridized carbons (Fsp3) is 0.111. The molecule has 0 spiro atoms. The summed E-state index contributed by atoms with van der Waals surface area (Å²) in [5.41, 5.74) is 2.16. The Labute approximate surface area is 153 Å². The van der Waals surface area contributed by atoms with E-state index in [-0.39, 0.29) is 5.56 Å². The van der Waals surface area contributed by atoms with E-state index in [1.807, 2.05) is 32.0 Å². The molecule has 0 bridgehead atoms. The first kappa shape index (κ1) is 16.3. The summed E-state index contributed by atoms with van der Waals surface area (Å²) < 4.78 is 1.71. The smallest absolute Gasteiger partial charge is 0.273 e. The number of rotatable bonds is 3. The molecule has 0 atom stereocenters. The van der Waals surface area contributed by atoms with Crippen molar-refractivity contribution in [2.75, 3.05) is 5.32 Å². The van der Waals surface area contributed by atoms with Crippen molar-refractivity contribution in [2.45, 2.75) is 13.8 Å². The van der Waals surface area contributed by atoms with Gasteiger partial charge in [-0.05, 0) is 38.1 Å². The van der Waals surface area contributed by atoms with Crippen LogP contribution in [0.15, 0.2) is 47.4 Å². The van der Waals surface area contributed by atoms with Crippen LogP contribution in [0, 0.1) is 13.8 Å². The number of aromatic amines is 1. The molecule has 3 heterocycles. The molecule has 0 saturated carbocycles. The lowest BCUT2D eigenvalue weighted by Gasteiger charge is -2.08. The lowest BCUT2D eigenvalue weighted by atomic mass is 10.3. The Morgan fingerprint density at radius 2 is 1.85 bits per heavy atom. The van der Waals surface area contributed by atoms with Gasteiger partial charge in [0.2, 0.25) is 0 Å². The van der Waals surface area contributed by atoms with Gasteiger partial charge in [0, 0.05) is 29.0 Å². The molecule has 0 amide bonds. The van der Waals surface area contributed by atoms with E-state index in [0.717, 1.165) is 11.4 Å². The molecule has 1 aromatic carbocycles. The second kappa shape index (κ2) is 6.27. The number of aryl methyl sites for hydroxylation is 2. The number of fused-ring (bicyclic) bond motifs is 1. The van der Waals surface area contributed by atoms with Crippen LogP contribution in [0.3, 0.4) is 0 Å². The van der Waals surface area contributed by atoms with Crippen molar-refractivity contribution in [3.8, 4) is 5.69 Å². The number of aromatic nitrogens is 5. The Balaban J connectivity index is 1.79. The number of nitrogens with zero attached hydrogens (tertiary/aromatic N) is 4. The first-order valence-electron chi connectivity index (χ1n) is 7.95.